The van der Waals surface area contributed by atoms with Gasteiger partial charge in [-0.15, -0.1) is 0 Å². The number of likely N-dealkylation sites (N-methyl/N-ethyl adjacent to an activating group) is 2. The molecule has 2 rings (SSSR count). The van der Waals surface area contributed by atoms with Crippen molar-refractivity contribution in [2.24, 2.45) is 0 Å². The predicted molar refractivity (Wildman–Crippen MR) is 108 cm³/mol. The maximum Gasteiger partial charge on any atom is 0.225 e. The number of aromatic nitrogens is 2. The monoisotopic (exact) mass is 339 g/mol. The fourth-order valence-electron chi connectivity index (χ4n) is 2.02. The SMILES string of the molecule is CC.CC.CCC.CCN(CCNC)c1ncc2c(n1)CCNC2. The van der Waals surface area contributed by atoms with E-state index < -0.39 is 0 Å². The van der Waals surface area contributed by atoms with Crippen molar-refractivity contribution in [1.82, 2.24) is 20.6 Å². The Morgan fingerprint density at radius 1 is 1.17 bits per heavy atom. The molecule has 0 aromatic carbocycles. The van der Waals surface area contributed by atoms with Gasteiger partial charge in [-0.25, -0.2) is 9.97 Å². The molecule has 1 aromatic rings. The van der Waals surface area contributed by atoms with Crippen LogP contribution in [0, 0.1) is 0 Å². The predicted octanol–water partition coefficient (Wildman–Crippen LogP) is 3.64. The number of nitrogens with zero attached hydrogens (tertiary/aromatic N) is 3. The first kappa shape index (κ1) is 25.0. The van der Waals surface area contributed by atoms with Gasteiger partial charge in [0.15, 0.2) is 0 Å². The number of nitrogens with one attached hydrogen (secondary N) is 2. The lowest BCUT2D eigenvalue weighted by Gasteiger charge is -2.23. The molecule has 0 saturated heterocycles. The Bertz CT molecular complexity index is 382. The van der Waals surface area contributed by atoms with Crippen LogP contribution < -0.4 is 15.5 Å². The van der Waals surface area contributed by atoms with Gasteiger partial charge in [0.2, 0.25) is 5.95 Å². The van der Waals surface area contributed by atoms with E-state index >= 15 is 0 Å². The third-order valence-electron chi connectivity index (χ3n) is 3.09. The number of hydrogen-bond acceptors (Lipinski definition) is 5. The van der Waals surface area contributed by atoms with Gasteiger partial charge in [0.1, 0.15) is 0 Å². The highest BCUT2D eigenvalue weighted by molar-refractivity contribution is 5.34. The van der Waals surface area contributed by atoms with E-state index in [4.69, 9.17) is 0 Å². The van der Waals surface area contributed by atoms with Crippen molar-refractivity contribution >= 4 is 5.95 Å². The van der Waals surface area contributed by atoms with Crippen LogP contribution in [-0.2, 0) is 13.0 Å². The van der Waals surface area contributed by atoms with Gasteiger partial charge in [0.05, 0.1) is 5.69 Å². The Labute approximate surface area is 150 Å². The summed E-state index contributed by atoms with van der Waals surface area (Å²) >= 11 is 0. The van der Waals surface area contributed by atoms with Crippen molar-refractivity contribution < 1.29 is 0 Å². The van der Waals surface area contributed by atoms with E-state index in [1.807, 2.05) is 40.9 Å². The van der Waals surface area contributed by atoms with Crippen molar-refractivity contribution in [1.29, 1.82) is 0 Å². The van der Waals surface area contributed by atoms with Crippen molar-refractivity contribution in [2.75, 3.05) is 38.1 Å². The molecule has 0 amide bonds. The van der Waals surface area contributed by atoms with Crippen LogP contribution in [0.15, 0.2) is 6.20 Å². The normalized spacial score (nSPS) is 11.5. The van der Waals surface area contributed by atoms with E-state index in [1.54, 1.807) is 0 Å². The zero-order chi connectivity index (χ0) is 18.8. The maximum atomic E-state index is 4.68. The van der Waals surface area contributed by atoms with Crippen molar-refractivity contribution in [3.05, 3.63) is 17.5 Å². The minimum atomic E-state index is 0.864. The smallest absolute Gasteiger partial charge is 0.225 e. The number of fused-ring (bicyclic) bond motifs is 1. The van der Waals surface area contributed by atoms with Crippen LogP contribution in [0.5, 0.6) is 0 Å². The van der Waals surface area contributed by atoms with E-state index in [2.05, 4.69) is 46.3 Å². The van der Waals surface area contributed by atoms with Crippen LogP contribution in [0.1, 0.15) is 66.1 Å². The third-order valence-corrected chi connectivity index (χ3v) is 3.09. The van der Waals surface area contributed by atoms with E-state index in [-0.39, 0.29) is 0 Å². The molecule has 0 radical (unpaired) electrons. The number of rotatable bonds is 5. The molecule has 5 nitrogen and oxygen atoms in total. The molecular formula is C19H41N5. The Morgan fingerprint density at radius 2 is 1.79 bits per heavy atom. The Kier molecular flexibility index (Phi) is 18.9. The maximum absolute atomic E-state index is 4.68. The Balaban J connectivity index is 0. The summed E-state index contributed by atoms with van der Waals surface area (Å²) in [6.07, 6.45) is 4.22. The van der Waals surface area contributed by atoms with Gasteiger partial charge in [-0.1, -0.05) is 48.0 Å². The summed E-state index contributed by atoms with van der Waals surface area (Å²) in [4.78, 5) is 11.4. The van der Waals surface area contributed by atoms with Gasteiger partial charge in [-0.2, -0.15) is 0 Å². The van der Waals surface area contributed by atoms with Gasteiger partial charge in [-0.05, 0) is 14.0 Å². The van der Waals surface area contributed by atoms with Crippen LogP contribution in [0.4, 0.5) is 5.95 Å². The van der Waals surface area contributed by atoms with Crippen LogP contribution in [0.3, 0.4) is 0 Å². The zero-order valence-electron chi connectivity index (χ0n) is 17.4. The van der Waals surface area contributed by atoms with E-state index in [1.165, 1.54) is 17.7 Å². The second-order valence-corrected chi connectivity index (χ2v) is 4.96. The highest BCUT2D eigenvalue weighted by atomic mass is 15.3. The van der Waals surface area contributed by atoms with E-state index in [9.17, 15) is 0 Å². The average Bonchev–Trinajstić information content (AvgIpc) is 2.66. The first-order valence-corrected chi connectivity index (χ1v) is 9.71. The molecule has 0 saturated carbocycles. The molecule has 5 heteroatoms. The standard InChI is InChI=1S/C12H21N5.C3H8.2C2H6/c1-3-17(7-6-13-2)12-15-9-10-8-14-5-4-11(10)16-12;1-3-2;2*1-2/h9,13-14H,3-8H2,1-2H3;3H2,1-2H3;2*1-2H3. The molecule has 0 aliphatic carbocycles. The largest absolute Gasteiger partial charge is 0.340 e. The van der Waals surface area contributed by atoms with Crippen molar-refractivity contribution in [3.8, 4) is 0 Å². The molecule has 0 atom stereocenters. The highest BCUT2D eigenvalue weighted by Crippen LogP contribution is 2.14. The topological polar surface area (TPSA) is 53.1 Å². The second-order valence-electron chi connectivity index (χ2n) is 4.96. The molecule has 24 heavy (non-hydrogen) atoms. The van der Waals surface area contributed by atoms with Gasteiger partial charge in [-0.3, -0.25) is 0 Å². The first-order chi connectivity index (χ1) is 11.8. The molecule has 2 heterocycles. The minimum absolute atomic E-state index is 0.864. The quantitative estimate of drug-likeness (QED) is 0.858. The molecule has 142 valence electrons. The number of hydrogen-bond donors (Lipinski definition) is 2. The lowest BCUT2D eigenvalue weighted by molar-refractivity contribution is 0.621. The van der Waals surface area contributed by atoms with E-state index in [0.717, 1.165) is 45.1 Å². The minimum Gasteiger partial charge on any atom is -0.340 e. The summed E-state index contributed by atoms with van der Waals surface area (Å²) in [6, 6.07) is 0. The van der Waals surface area contributed by atoms with Gasteiger partial charge in [0.25, 0.3) is 0 Å². The zero-order valence-corrected chi connectivity index (χ0v) is 17.4. The molecule has 0 fully saturated rings. The summed E-state index contributed by atoms with van der Waals surface area (Å²) in [6.45, 7) is 19.2. The van der Waals surface area contributed by atoms with E-state index in [0.29, 0.717) is 0 Å². The summed E-state index contributed by atoms with van der Waals surface area (Å²) in [5, 5.41) is 6.49. The molecule has 1 aromatic heterocycles. The van der Waals surface area contributed by atoms with Crippen LogP contribution in [-0.4, -0.2) is 43.2 Å². The fraction of sp³-hybridized carbons (Fsp3) is 0.789. The van der Waals surface area contributed by atoms with Crippen LogP contribution in [0.25, 0.3) is 0 Å². The van der Waals surface area contributed by atoms with Gasteiger partial charge >= 0.3 is 0 Å². The lowest BCUT2D eigenvalue weighted by Crippen LogP contribution is -2.33. The molecule has 0 spiro atoms. The molecule has 1 aliphatic heterocycles. The Hall–Kier alpha value is -1.20. The fourth-order valence-corrected chi connectivity index (χ4v) is 2.02. The third kappa shape index (κ3) is 9.83. The van der Waals surface area contributed by atoms with Crippen molar-refractivity contribution in [2.45, 2.75) is 67.9 Å². The Morgan fingerprint density at radius 3 is 2.33 bits per heavy atom. The molecule has 2 N–H and O–H groups in total. The molecule has 0 bridgehead atoms. The number of anilines is 1. The molecule has 0 unspecified atom stereocenters. The highest BCUT2D eigenvalue weighted by Gasteiger charge is 2.14. The summed E-state index contributed by atoms with van der Waals surface area (Å²) < 4.78 is 0. The summed E-state index contributed by atoms with van der Waals surface area (Å²) in [5.74, 6) is 0.864. The van der Waals surface area contributed by atoms with Gasteiger partial charge in [0, 0.05) is 50.9 Å². The average molecular weight is 340 g/mol. The van der Waals surface area contributed by atoms with Crippen LogP contribution >= 0.6 is 0 Å². The van der Waals surface area contributed by atoms with Crippen molar-refractivity contribution in [3.63, 3.8) is 0 Å². The van der Waals surface area contributed by atoms with Gasteiger partial charge < -0.3 is 15.5 Å². The molecule has 1 aliphatic rings. The summed E-state index contributed by atoms with van der Waals surface area (Å²) in [7, 11) is 1.97. The lowest BCUT2D eigenvalue weighted by atomic mass is 10.1. The molecular weight excluding hydrogens is 298 g/mol. The first-order valence-electron chi connectivity index (χ1n) is 9.71. The summed E-state index contributed by atoms with van der Waals surface area (Å²) in [5.41, 5.74) is 2.45. The van der Waals surface area contributed by atoms with Crippen LogP contribution in [0.2, 0.25) is 0 Å². The second kappa shape index (κ2) is 18.1.